The van der Waals surface area contributed by atoms with Gasteiger partial charge in [0.2, 0.25) is 0 Å². The van der Waals surface area contributed by atoms with Crippen LogP contribution in [-0.4, -0.2) is 37.6 Å². The van der Waals surface area contributed by atoms with Crippen molar-refractivity contribution in [2.45, 2.75) is 77.1 Å². The number of hydrogen-bond donors (Lipinski definition) is 1. The summed E-state index contributed by atoms with van der Waals surface area (Å²) in [4.78, 5) is 2.45. The molecule has 1 fully saturated rings. The molecule has 0 saturated carbocycles. The molecule has 0 amide bonds. The summed E-state index contributed by atoms with van der Waals surface area (Å²) in [5, 5.41) is 19.1. The summed E-state index contributed by atoms with van der Waals surface area (Å²) >= 11 is 0. The molecule has 138 valence electrons. The van der Waals surface area contributed by atoms with Crippen molar-refractivity contribution < 1.29 is 9.52 Å². The van der Waals surface area contributed by atoms with Crippen LogP contribution in [0.25, 0.3) is 0 Å². The number of aliphatic hydroxyl groups is 1. The maximum Gasteiger partial charge on any atom is 0.132 e. The lowest BCUT2D eigenvalue weighted by Crippen LogP contribution is -2.35. The molecule has 1 aliphatic rings. The molecule has 0 spiro atoms. The number of nitrogens with zero attached hydrogens (tertiary/aromatic N) is 4. The quantitative estimate of drug-likeness (QED) is 0.897. The van der Waals surface area contributed by atoms with Crippen LogP contribution in [-0.2, 0) is 12.1 Å². The van der Waals surface area contributed by atoms with E-state index in [2.05, 4.69) is 36.0 Å². The van der Waals surface area contributed by atoms with Crippen LogP contribution >= 0.6 is 0 Å². The molecule has 1 aliphatic heterocycles. The van der Waals surface area contributed by atoms with Gasteiger partial charge in [0.25, 0.3) is 0 Å². The highest BCUT2D eigenvalue weighted by atomic mass is 16.4. The minimum absolute atomic E-state index is 0.0566. The van der Waals surface area contributed by atoms with Crippen LogP contribution in [0.3, 0.4) is 0 Å². The number of furan rings is 1. The van der Waals surface area contributed by atoms with Crippen LogP contribution in [0.1, 0.15) is 70.4 Å². The van der Waals surface area contributed by atoms with E-state index in [0.717, 1.165) is 25.2 Å². The fourth-order valence-corrected chi connectivity index (χ4v) is 3.47. The third-order valence-electron chi connectivity index (χ3n) is 4.96. The van der Waals surface area contributed by atoms with Gasteiger partial charge in [0.15, 0.2) is 0 Å². The molecule has 2 aromatic heterocycles. The SMILES string of the molecule is CC(C)(C)n1cc(CN2CCCCC[C@H]2C[C@@H](O)c2ccco2)nn1. The lowest BCUT2D eigenvalue weighted by Gasteiger charge is -2.30. The number of aromatic nitrogens is 3. The molecule has 0 bridgehead atoms. The Kier molecular flexibility index (Phi) is 5.59. The molecule has 0 radical (unpaired) electrons. The zero-order valence-corrected chi connectivity index (χ0v) is 15.6. The molecule has 0 aliphatic carbocycles. The Bertz CT molecular complexity index is 645. The van der Waals surface area contributed by atoms with Gasteiger partial charge in [-0.05, 0) is 58.7 Å². The van der Waals surface area contributed by atoms with Gasteiger partial charge in [-0.15, -0.1) is 5.10 Å². The van der Waals surface area contributed by atoms with E-state index < -0.39 is 6.10 Å². The van der Waals surface area contributed by atoms with Gasteiger partial charge in [-0.1, -0.05) is 18.1 Å². The largest absolute Gasteiger partial charge is 0.467 e. The van der Waals surface area contributed by atoms with Crippen molar-refractivity contribution in [3.63, 3.8) is 0 Å². The lowest BCUT2D eigenvalue weighted by atomic mass is 10.0. The van der Waals surface area contributed by atoms with Crippen molar-refractivity contribution in [1.29, 1.82) is 0 Å². The van der Waals surface area contributed by atoms with E-state index in [9.17, 15) is 5.11 Å². The van der Waals surface area contributed by atoms with Gasteiger partial charge in [-0.25, -0.2) is 4.68 Å². The highest BCUT2D eigenvalue weighted by Crippen LogP contribution is 2.27. The fourth-order valence-electron chi connectivity index (χ4n) is 3.47. The van der Waals surface area contributed by atoms with E-state index in [1.807, 2.05) is 23.0 Å². The van der Waals surface area contributed by atoms with Crippen LogP contribution in [0, 0.1) is 0 Å². The Balaban J connectivity index is 1.69. The summed E-state index contributed by atoms with van der Waals surface area (Å²) in [6, 6.07) is 4.01. The van der Waals surface area contributed by atoms with Crippen LogP contribution in [0.4, 0.5) is 0 Å². The maximum atomic E-state index is 10.5. The minimum atomic E-state index is -0.550. The summed E-state index contributed by atoms with van der Waals surface area (Å²) in [6.45, 7) is 8.20. The van der Waals surface area contributed by atoms with Crippen molar-refractivity contribution in [1.82, 2.24) is 19.9 Å². The summed E-state index contributed by atoms with van der Waals surface area (Å²) in [7, 11) is 0. The Labute approximate surface area is 149 Å². The first-order chi connectivity index (χ1) is 11.9. The van der Waals surface area contributed by atoms with Crippen LogP contribution in [0.2, 0.25) is 0 Å². The Morgan fingerprint density at radius 1 is 1.32 bits per heavy atom. The van der Waals surface area contributed by atoms with Crippen molar-refractivity contribution in [2.24, 2.45) is 0 Å². The predicted octanol–water partition coefficient (Wildman–Crippen LogP) is 3.49. The number of hydrogen-bond acceptors (Lipinski definition) is 5. The fraction of sp³-hybridized carbons (Fsp3) is 0.684. The summed E-state index contributed by atoms with van der Waals surface area (Å²) in [6.07, 6.45) is 8.57. The van der Waals surface area contributed by atoms with Gasteiger partial charge >= 0.3 is 0 Å². The van der Waals surface area contributed by atoms with Crippen molar-refractivity contribution in [2.75, 3.05) is 6.54 Å². The number of rotatable bonds is 5. The molecule has 0 unspecified atom stereocenters. The van der Waals surface area contributed by atoms with Gasteiger partial charge in [0, 0.05) is 12.6 Å². The van der Waals surface area contributed by atoms with E-state index in [1.165, 1.54) is 19.3 Å². The zero-order valence-electron chi connectivity index (χ0n) is 15.6. The molecule has 6 heteroatoms. The van der Waals surface area contributed by atoms with Crippen LogP contribution in [0.15, 0.2) is 29.0 Å². The first kappa shape index (κ1) is 18.1. The van der Waals surface area contributed by atoms with E-state index in [0.29, 0.717) is 18.2 Å². The van der Waals surface area contributed by atoms with Crippen LogP contribution < -0.4 is 0 Å². The Morgan fingerprint density at radius 2 is 2.16 bits per heavy atom. The van der Waals surface area contributed by atoms with Crippen LogP contribution in [0.5, 0.6) is 0 Å². The van der Waals surface area contributed by atoms with E-state index in [1.54, 1.807) is 6.26 Å². The standard InChI is InChI=1S/C19H30N4O2/c1-19(2,3)23-14-15(20-21-23)13-22-10-6-4-5-8-16(22)12-17(24)18-9-7-11-25-18/h7,9,11,14,16-17,24H,4-6,8,10,12-13H2,1-3H3/t16-,17+/m0/s1. The second-order valence-electron chi connectivity index (χ2n) is 8.07. The zero-order chi connectivity index (χ0) is 17.9. The summed E-state index contributed by atoms with van der Waals surface area (Å²) < 4.78 is 7.29. The van der Waals surface area contributed by atoms with E-state index >= 15 is 0 Å². The normalized spacial score (nSPS) is 21.2. The molecule has 1 saturated heterocycles. The molecular weight excluding hydrogens is 316 g/mol. The van der Waals surface area contributed by atoms with Gasteiger partial charge in [0.1, 0.15) is 11.9 Å². The third kappa shape index (κ3) is 4.70. The second kappa shape index (κ2) is 7.70. The van der Waals surface area contributed by atoms with Gasteiger partial charge in [-0.3, -0.25) is 4.90 Å². The number of aliphatic hydroxyl groups excluding tert-OH is 1. The molecule has 6 nitrogen and oxygen atoms in total. The highest BCUT2D eigenvalue weighted by molar-refractivity contribution is 5.03. The van der Waals surface area contributed by atoms with E-state index in [4.69, 9.17) is 4.42 Å². The highest BCUT2D eigenvalue weighted by Gasteiger charge is 2.26. The molecular formula is C19H30N4O2. The molecule has 3 heterocycles. The molecule has 0 aromatic carbocycles. The second-order valence-corrected chi connectivity index (χ2v) is 8.07. The smallest absolute Gasteiger partial charge is 0.132 e. The molecule has 3 rings (SSSR count). The minimum Gasteiger partial charge on any atom is -0.467 e. The first-order valence-electron chi connectivity index (χ1n) is 9.31. The Hall–Kier alpha value is -1.66. The van der Waals surface area contributed by atoms with Gasteiger partial charge in [-0.2, -0.15) is 0 Å². The average molecular weight is 346 g/mol. The van der Waals surface area contributed by atoms with E-state index in [-0.39, 0.29) is 5.54 Å². The monoisotopic (exact) mass is 346 g/mol. The van der Waals surface area contributed by atoms with Gasteiger partial charge < -0.3 is 9.52 Å². The molecule has 2 atom stereocenters. The van der Waals surface area contributed by atoms with Crippen molar-refractivity contribution >= 4 is 0 Å². The molecule has 1 N–H and O–H groups in total. The summed E-state index contributed by atoms with van der Waals surface area (Å²) in [5.41, 5.74) is 0.938. The Morgan fingerprint density at radius 3 is 2.84 bits per heavy atom. The predicted molar refractivity (Wildman–Crippen MR) is 96.0 cm³/mol. The molecule has 2 aromatic rings. The topological polar surface area (TPSA) is 67.3 Å². The third-order valence-corrected chi connectivity index (χ3v) is 4.96. The first-order valence-corrected chi connectivity index (χ1v) is 9.31. The molecule has 25 heavy (non-hydrogen) atoms. The van der Waals surface area contributed by atoms with Crippen molar-refractivity contribution in [3.05, 3.63) is 36.0 Å². The number of likely N-dealkylation sites (tertiary alicyclic amines) is 1. The maximum absolute atomic E-state index is 10.5. The van der Waals surface area contributed by atoms with Crippen molar-refractivity contribution in [3.8, 4) is 0 Å². The average Bonchev–Trinajstić information content (AvgIpc) is 3.19. The lowest BCUT2D eigenvalue weighted by molar-refractivity contribution is 0.0825. The summed E-state index contributed by atoms with van der Waals surface area (Å²) in [5.74, 6) is 0.655. The van der Waals surface area contributed by atoms with Gasteiger partial charge in [0.05, 0.1) is 23.7 Å².